The lowest BCUT2D eigenvalue weighted by Gasteiger charge is -2.31. The molecule has 0 radical (unpaired) electrons. The van der Waals surface area contributed by atoms with Gasteiger partial charge in [-0.15, -0.1) is 0 Å². The van der Waals surface area contributed by atoms with Crippen LogP contribution in [0.4, 0.5) is 0 Å². The maximum Gasteiger partial charge on any atom is 0.255 e. The average molecular weight is 684 g/mol. The number of benzene rings is 3. The predicted octanol–water partition coefficient (Wildman–Crippen LogP) is 3.32. The first kappa shape index (κ1) is 36.5. The van der Waals surface area contributed by atoms with Crippen LogP contribution in [0.25, 0.3) is 0 Å². The molecule has 11 nitrogen and oxygen atoms in total. The minimum atomic E-state index is -1.01. The summed E-state index contributed by atoms with van der Waals surface area (Å²) in [6.45, 7) is 8.44. The van der Waals surface area contributed by atoms with E-state index in [1.54, 1.807) is 31.3 Å². The van der Waals surface area contributed by atoms with Gasteiger partial charge in [0.25, 0.3) is 5.91 Å². The van der Waals surface area contributed by atoms with E-state index in [0.29, 0.717) is 12.2 Å². The van der Waals surface area contributed by atoms with Gasteiger partial charge in [-0.1, -0.05) is 80.6 Å². The molecule has 2 heterocycles. The van der Waals surface area contributed by atoms with Gasteiger partial charge < -0.3 is 30.3 Å². The fourth-order valence-electron chi connectivity index (χ4n) is 6.10. The standard InChI is InChI=1S/C39H49N5O6/c1-27(2)33-26-50-35-12-8-7-11-31(35)37(46)41-32(17-18-36(45)43(3)34(39(48)42-33)23-28-9-5-4-6-10-28)38(47)40-24-29-13-15-30(16-14-29)25-44-19-21-49-22-20-44/h4-16,27,32-34H,17-26H2,1-3H3,(H,40,47)(H,41,46)(H,42,48)/t32-,33-,34-/m0/s1. The van der Waals surface area contributed by atoms with Crippen LogP contribution in [0.5, 0.6) is 5.75 Å². The van der Waals surface area contributed by atoms with Crippen LogP contribution in [0.3, 0.4) is 0 Å². The van der Waals surface area contributed by atoms with E-state index in [2.05, 4.69) is 33.0 Å². The average Bonchev–Trinajstić information content (AvgIpc) is 3.13. The Morgan fingerprint density at radius 2 is 1.56 bits per heavy atom. The lowest BCUT2D eigenvalue weighted by atomic mass is 10.0. The number of likely N-dealkylation sites (N-methyl/N-ethyl adjacent to an activating group) is 1. The van der Waals surface area contributed by atoms with Crippen molar-refractivity contribution in [1.82, 2.24) is 25.8 Å². The SMILES string of the molecule is CC(C)[C@@H]1COc2ccccc2C(=O)N[C@H](C(=O)NCc2ccc(CN3CCOCC3)cc2)CCC(=O)N(C)[C@@H](Cc2ccccc2)C(=O)N1. The number of nitrogens with zero attached hydrogens (tertiary/aromatic N) is 2. The molecule has 3 aromatic rings. The third-order valence-electron chi connectivity index (χ3n) is 9.39. The van der Waals surface area contributed by atoms with Gasteiger partial charge in [0.2, 0.25) is 17.7 Å². The number of nitrogens with one attached hydrogen (secondary N) is 3. The highest BCUT2D eigenvalue weighted by atomic mass is 16.5. The molecule has 0 unspecified atom stereocenters. The van der Waals surface area contributed by atoms with Crippen LogP contribution >= 0.6 is 0 Å². The van der Waals surface area contributed by atoms with Crippen LogP contribution in [-0.4, -0.2) is 91.5 Å². The van der Waals surface area contributed by atoms with Crippen molar-refractivity contribution in [3.05, 3.63) is 101 Å². The van der Waals surface area contributed by atoms with Crippen LogP contribution in [0.2, 0.25) is 0 Å². The van der Waals surface area contributed by atoms with Crippen LogP contribution in [0, 0.1) is 5.92 Å². The Bertz CT molecular complexity index is 1590. The molecule has 0 saturated carbocycles. The summed E-state index contributed by atoms with van der Waals surface area (Å²) in [4.78, 5) is 58.6. The van der Waals surface area contributed by atoms with Crippen LogP contribution < -0.4 is 20.7 Å². The molecule has 2 aliphatic rings. The monoisotopic (exact) mass is 683 g/mol. The van der Waals surface area contributed by atoms with E-state index in [4.69, 9.17) is 9.47 Å². The number of hydrogen-bond donors (Lipinski definition) is 3. The lowest BCUT2D eigenvalue weighted by molar-refractivity contribution is -0.139. The maximum absolute atomic E-state index is 13.8. The Balaban J connectivity index is 1.34. The molecule has 3 aromatic carbocycles. The summed E-state index contributed by atoms with van der Waals surface area (Å²) in [7, 11) is 1.61. The molecule has 4 amide bonds. The van der Waals surface area contributed by atoms with Crippen LogP contribution in [-0.2, 0) is 38.6 Å². The predicted molar refractivity (Wildman–Crippen MR) is 190 cm³/mol. The van der Waals surface area contributed by atoms with E-state index in [9.17, 15) is 19.2 Å². The van der Waals surface area contributed by atoms with Gasteiger partial charge in [0.1, 0.15) is 24.4 Å². The highest BCUT2D eigenvalue weighted by Gasteiger charge is 2.32. The summed E-state index contributed by atoms with van der Waals surface area (Å²) in [5, 5.41) is 8.92. The third kappa shape index (κ3) is 10.1. The first-order valence-corrected chi connectivity index (χ1v) is 17.5. The Kier molecular flexibility index (Phi) is 13.0. The van der Waals surface area contributed by atoms with Crippen molar-refractivity contribution in [2.24, 2.45) is 5.92 Å². The number of hydrogen-bond acceptors (Lipinski definition) is 7. The van der Waals surface area contributed by atoms with E-state index in [0.717, 1.165) is 44.0 Å². The van der Waals surface area contributed by atoms with Gasteiger partial charge in [-0.2, -0.15) is 0 Å². The smallest absolute Gasteiger partial charge is 0.255 e. The molecule has 0 aromatic heterocycles. The molecule has 0 spiro atoms. The van der Waals surface area contributed by atoms with Crippen LogP contribution in [0.15, 0.2) is 78.9 Å². The summed E-state index contributed by atoms with van der Waals surface area (Å²) < 4.78 is 11.6. The molecule has 5 rings (SSSR count). The first-order valence-electron chi connectivity index (χ1n) is 17.5. The first-order chi connectivity index (χ1) is 24.2. The number of carbonyl (C=O) groups is 4. The van der Waals surface area contributed by atoms with Crippen molar-refractivity contribution >= 4 is 23.6 Å². The molecule has 0 bridgehead atoms. The number of morpholine rings is 1. The zero-order valence-electron chi connectivity index (χ0n) is 29.2. The quantitative estimate of drug-likeness (QED) is 0.333. The second kappa shape index (κ2) is 17.8. The molecule has 11 heteroatoms. The normalized spacial score (nSPS) is 21.2. The number of amides is 4. The Morgan fingerprint density at radius 1 is 0.880 bits per heavy atom. The van der Waals surface area contributed by atoms with Crippen molar-refractivity contribution in [3.63, 3.8) is 0 Å². The zero-order chi connectivity index (χ0) is 35.5. The van der Waals surface area contributed by atoms with Gasteiger partial charge in [-0.25, -0.2) is 0 Å². The molecular formula is C39H49N5O6. The van der Waals surface area contributed by atoms with Crippen molar-refractivity contribution < 1.29 is 28.7 Å². The van der Waals surface area contributed by atoms with Crippen molar-refractivity contribution in [2.75, 3.05) is 40.0 Å². The second-order valence-electron chi connectivity index (χ2n) is 13.4. The van der Waals surface area contributed by atoms with Gasteiger partial charge in [-0.05, 0) is 41.2 Å². The summed E-state index contributed by atoms with van der Waals surface area (Å²) >= 11 is 0. The van der Waals surface area contributed by atoms with Crippen LogP contribution in [0.1, 0.15) is 53.7 Å². The van der Waals surface area contributed by atoms with Crippen molar-refractivity contribution in [1.29, 1.82) is 0 Å². The minimum absolute atomic E-state index is 0.00283. The molecule has 1 fully saturated rings. The van der Waals surface area contributed by atoms with E-state index in [1.165, 1.54) is 10.5 Å². The number of para-hydroxylation sites is 1. The van der Waals surface area contributed by atoms with Crippen molar-refractivity contribution in [3.8, 4) is 5.75 Å². The molecule has 0 aliphatic carbocycles. The largest absolute Gasteiger partial charge is 0.491 e. The van der Waals surface area contributed by atoms with E-state index in [1.807, 2.05) is 56.3 Å². The number of carbonyl (C=O) groups excluding carboxylic acids is 4. The molecule has 3 atom stereocenters. The third-order valence-corrected chi connectivity index (χ3v) is 9.39. The topological polar surface area (TPSA) is 129 Å². The lowest BCUT2D eigenvalue weighted by Crippen LogP contribution is -2.53. The second-order valence-corrected chi connectivity index (χ2v) is 13.4. The molecule has 50 heavy (non-hydrogen) atoms. The van der Waals surface area contributed by atoms with Gasteiger partial charge in [0.05, 0.1) is 24.8 Å². The fraction of sp³-hybridized carbons (Fsp3) is 0.436. The van der Waals surface area contributed by atoms with E-state index < -0.39 is 29.9 Å². The van der Waals surface area contributed by atoms with Gasteiger partial charge >= 0.3 is 0 Å². The Labute approximate surface area is 294 Å². The van der Waals surface area contributed by atoms with Gasteiger partial charge in [0, 0.05) is 46.1 Å². The summed E-state index contributed by atoms with van der Waals surface area (Å²) in [6, 6.07) is 22.3. The summed E-state index contributed by atoms with van der Waals surface area (Å²) in [5.74, 6) is -1.16. The summed E-state index contributed by atoms with van der Waals surface area (Å²) in [6.07, 6.45) is 0.293. The van der Waals surface area contributed by atoms with E-state index in [-0.39, 0.29) is 49.3 Å². The number of ether oxygens (including phenoxy) is 2. The molecule has 1 saturated heterocycles. The fourth-order valence-corrected chi connectivity index (χ4v) is 6.10. The van der Waals surface area contributed by atoms with Gasteiger partial charge in [-0.3, -0.25) is 24.1 Å². The molecule has 2 aliphatic heterocycles. The molecule has 266 valence electrons. The Morgan fingerprint density at radius 3 is 2.28 bits per heavy atom. The summed E-state index contributed by atoms with van der Waals surface area (Å²) in [5.41, 5.74) is 3.26. The van der Waals surface area contributed by atoms with E-state index >= 15 is 0 Å². The molecule has 3 N–H and O–H groups in total. The molecular weight excluding hydrogens is 634 g/mol. The number of fused-ring (bicyclic) bond motifs is 1. The number of rotatable bonds is 8. The van der Waals surface area contributed by atoms with Crippen molar-refractivity contribution in [2.45, 2.75) is 64.3 Å². The zero-order valence-corrected chi connectivity index (χ0v) is 29.2. The highest BCUT2D eigenvalue weighted by molar-refractivity contribution is 6.00. The highest BCUT2D eigenvalue weighted by Crippen LogP contribution is 2.21. The van der Waals surface area contributed by atoms with Gasteiger partial charge in [0.15, 0.2) is 0 Å². The Hall–Kier alpha value is -4.74. The minimum Gasteiger partial charge on any atom is -0.491 e. The maximum atomic E-state index is 13.8.